The number of nitrogens with zero attached hydrogens (tertiary/aromatic N) is 2. The van der Waals surface area contributed by atoms with Gasteiger partial charge in [0.2, 0.25) is 0 Å². The molecule has 0 saturated carbocycles. The summed E-state index contributed by atoms with van der Waals surface area (Å²) in [6.07, 6.45) is 3.46. The van der Waals surface area contributed by atoms with Crippen LogP contribution in [0.4, 0.5) is 4.79 Å². The van der Waals surface area contributed by atoms with Crippen LogP contribution in [0.1, 0.15) is 39.5 Å². The van der Waals surface area contributed by atoms with Crippen LogP contribution >= 0.6 is 0 Å². The summed E-state index contributed by atoms with van der Waals surface area (Å²) in [4.78, 5) is 26.6. The number of hydrogen-bond acceptors (Lipinski definition) is 2. The number of aliphatic carboxylic acids is 1. The van der Waals surface area contributed by atoms with Crippen molar-refractivity contribution in [2.24, 2.45) is 5.92 Å². The molecule has 104 valence electrons. The Labute approximate surface area is 109 Å². The zero-order valence-electron chi connectivity index (χ0n) is 11.6. The van der Waals surface area contributed by atoms with Crippen LogP contribution in [0, 0.1) is 5.92 Å². The molecule has 0 aromatic rings. The quantitative estimate of drug-likeness (QED) is 0.837. The fraction of sp³-hybridized carbons (Fsp3) is 0.846. The van der Waals surface area contributed by atoms with Crippen LogP contribution in [0.5, 0.6) is 0 Å². The van der Waals surface area contributed by atoms with Crippen molar-refractivity contribution in [3.8, 4) is 0 Å². The van der Waals surface area contributed by atoms with Gasteiger partial charge in [-0.2, -0.15) is 0 Å². The third-order valence-electron chi connectivity index (χ3n) is 3.71. The van der Waals surface area contributed by atoms with Crippen molar-refractivity contribution in [1.29, 1.82) is 0 Å². The second kappa shape index (κ2) is 6.61. The van der Waals surface area contributed by atoms with E-state index >= 15 is 0 Å². The second-order valence-corrected chi connectivity index (χ2v) is 5.15. The molecule has 0 bridgehead atoms. The first-order chi connectivity index (χ1) is 8.47. The van der Waals surface area contributed by atoms with Crippen molar-refractivity contribution in [1.82, 2.24) is 9.80 Å². The molecular weight excluding hydrogens is 232 g/mol. The molecular formula is C13H24N2O3. The van der Waals surface area contributed by atoms with Gasteiger partial charge in [-0.25, -0.2) is 4.79 Å². The van der Waals surface area contributed by atoms with E-state index < -0.39 is 11.9 Å². The van der Waals surface area contributed by atoms with E-state index in [2.05, 4.69) is 6.92 Å². The maximum Gasteiger partial charge on any atom is 0.320 e. The minimum Gasteiger partial charge on any atom is -0.481 e. The maximum absolute atomic E-state index is 12.2. The van der Waals surface area contributed by atoms with E-state index in [0.717, 1.165) is 19.3 Å². The lowest BCUT2D eigenvalue weighted by Gasteiger charge is -2.36. The van der Waals surface area contributed by atoms with Gasteiger partial charge in [0.05, 0.1) is 5.92 Å². The minimum atomic E-state index is -0.795. The number of carboxylic acid groups (broad SMARTS) is 1. The van der Waals surface area contributed by atoms with Crippen molar-refractivity contribution < 1.29 is 14.7 Å². The summed E-state index contributed by atoms with van der Waals surface area (Å²) in [6, 6.07) is 0.162. The number of carbonyl (C=O) groups excluding carboxylic acids is 1. The molecule has 1 N–H and O–H groups in total. The van der Waals surface area contributed by atoms with Gasteiger partial charge >= 0.3 is 12.0 Å². The number of amides is 2. The van der Waals surface area contributed by atoms with Crippen molar-refractivity contribution in [2.45, 2.75) is 45.6 Å². The Morgan fingerprint density at radius 1 is 1.50 bits per heavy atom. The largest absolute Gasteiger partial charge is 0.481 e. The Kier molecular flexibility index (Phi) is 5.44. The number of urea groups is 1. The molecule has 0 radical (unpaired) electrons. The third-order valence-corrected chi connectivity index (χ3v) is 3.71. The van der Waals surface area contributed by atoms with E-state index in [4.69, 9.17) is 5.11 Å². The van der Waals surface area contributed by atoms with E-state index in [1.165, 1.54) is 0 Å². The lowest BCUT2D eigenvalue weighted by atomic mass is 9.98. The first-order valence-corrected chi connectivity index (χ1v) is 6.71. The van der Waals surface area contributed by atoms with Gasteiger partial charge in [-0.15, -0.1) is 0 Å². The van der Waals surface area contributed by atoms with Crippen LogP contribution in [-0.4, -0.2) is 53.1 Å². The summed E-state index contributed by atoms with van der Waals surface area (Å²) in [5.74, 6) is -1.20. The predicted molar refractivity (Wildman–Crippen MR) is 69.5 cm³/mol. The zero-order chi connectivity index (χ0) is 13.7. The zero-order valence-corrected chi connectivity index (χ0v) is 11.6. The highest BCUT2D eigenvalue weighted by molar-refractivity contribution is 5.76. The highest BCUT2D eigenvalue weighted by atomic mass is 16.4. The number of carboxylic acids is 1. The van der Waals surface area contributed by atoms with Crippen LogP contribution < -0.4 is 0 Å². The molecule has 5 heteroatoms. The normalized spacial score (nSPS) is 21.5. The van der Waals surface area contributed by atoms with Crippen molar-refractivity contribution in [3.05, 3.63) is 0 Å². The SMILES string of the molecule is CCCC(C)N(C)C(=O)N1CCC[C@H](C(=O)O)C1. The fourth-order valence-corrected chi connectivity index (χ4v) is 2.38. The molecule has 2 amide bonds. The summed E-state index contributed by atoms with van der Waals surface area (Å²) < 4.78 is 0. The van der Waals surface area contributed by atoms with E-state index in [-0.39, 0.29) is 12.1 Å². The molecule has 18 heavy (non-hydrogen) atoms. The Morgan fingerprint density at radius 2 is 2.17 bits per heavy atom. The Morgan fingerprint density at radius 3 is 2.72 bits per heavy atom. The Balaban J connectivity index is 2.57. The molecule has 5 nitrogen and oxygen atoms in total. The van der Waals surface area contributed by atoms with E-state index in [0.29, 0.717) is 19.5 Å². The minimum absolute atomic E-state index is 0.0399. The number of rotatable bonds is 4. The molecule has 0 aromatic heterocycles. The van der Waals surface area contributed by atoms with Gasteiger partial charge in [0.15, 0.2) is 0 Å². The van der Waals surface area contributed by atoms with E-state index in [9.17, 15) is 9.59 Å². The Bertz CT molecular complexity index is 307. The summed E-state index contributed by atoms with van der Waals surface area (Å²) in [5.41, 5.74) is 0. The molecule has 1 rings (SSSR count). The number of hydrogen-bond donors (Lipinski definition) is 1. The third kappa shape index (κ3) is 3.62. The smallest absolute Gasteiger partial charge is 0.320 e. The summed E-state index contributed by atoms with van der Waals surface area (Å²) in [5, 5.41) is 9.02. The van der Waals surface area contributed by atoms with Gasteiger partial charge < -0.3 is 14.9 Å². The van der Waals surface area contributed by atoms with Gasteiger partial charge in [0.1, 0.15) is 0 Å². The van der Waals surface area contributed by atoms with Crippen LogP contribution in [0.25, 0.3) is 0 Å². The highest BCUT2D eigenvalue weighted by Crippen LogP contribution is 2.18. The molecule has 1 aliphatic heterocycles. The number of piperidine rings is 1. The lowest BCUT2D eigenvalue weighted by Crippen LogP contribution is -2.49. The average Bonchev–Trinajstić information content (AvgIpc) is 2.37. The first-order valence-electron chi connectivity index (χ1n) is 6.71. The molecule has 1 heterocycles. The van der Waals surface area contributed by atoms with Crippen molar-refractivity contribution in [2.75, 3.05) is 20.1 Å². The monoisotopic (exact) mass is 256 g/mol. The van der Waals surface area contributed by atoms with E-state index in [1.54, 1.807) is 16.8 Å². The standard InChI is InChI=1S/C13H24N2O3/c1-4-6-10(2)14(3)13(18)15-8-5-7-11(9-15)12(16)17/h10-11H,4-9H2,1-3H3,(H,16,17)/t10?,11-/m0/s1. The topological polar surface area (TPSA) is 60.9 Å². The predicted octanol–water partition coefficient (Wildman–Crippen LogP) is 2.02. The average molecular weight is 256 g/mol. The lowest BCUT2D eigenvalue weighted by molar-refractivity contribution is -0.143. The van der Waals surface area contributed by atoms with Gasteiger partial charge in [-0.1, -0.05) is 13.3 Å². The first kappa shape index (κ1) is 14.8. The molecule has 2 atom stereocenters. The Hall–Kier alpha value is -1.26. The van der Waals surface area contributed by atoms with Gasteiger partial charge in [-0.05, 0) is 26.2 Å². The van der Waals surface area contributed by atoms with Gasteiger partial charge in [0, 0.05) is 26.2 Å². The van der Waals surface area contributed by atoms with E-state index in [1.807, 2.05) is 6.92 Å². The van der Waals surface area contributed by atoms with Crippen LogP contribution in [0.15, 0.2) is 0 Å². The van der Waals surface area contributed by atoms with Crippen LogP contribution in [0.2, 0.25) is 0 Å². The number of likely N-dealkylation sites (tertiary alicyclic amines) is 1. The van der Waals surface area contributed by atoms with Gasteiger partial charge in [0.25, 0.3) is 0 Å². The molecule has 1 aliphatic rings. The summed E-state index contributed by atoms with van der Waals surface area (Å²) in [6.45, 7) is 5.14. The summed E-state index contributed by atoms with van der Waals surface area (Å²) in [7, 11) is 1.80. The molecule has 1 fully saturated rings. The second-order valence-electron chi connectivity index (χ2n) is 5.15. The van der Waals surface area contributed by atoms with Crippen LogP contribution in [-0.2, 0) is 4.79 Å². The molecule has 0 aliphatic carbocycles. The summed E-state index contributed by atoms with van der Waals surface area (Å²) >= 11 is 0. The van der Waals surface area contributed by atoms with Crippen LogP contribution in [0.3, 0.4) is 0 Å². The van der Waals surface area contributed by atoms with Gasteiger partial charge in [-0.3, -0.25) is 4.79 Å². The molecule has 1 unspecified atom stereocenters. The maximum atomic E-state index is 12.2. The fourth-order valence-electron chi connectivity index (χ4n) is 2.38. The van der Waals surface area contributed by atoms with Crippen molar-refractivity contribution >= 4 is 12.0 Å². The molecule has 1 saturated heterocycles. The molecule has 0 spiro atoms. The molecule has 0 aromatic carbocycles. The highest BCUT2D eigenvalue weighted by Gasteiger charge is 2.30. The number of carbonyl (C=O) groups is 2. The van der Waals surface area contributed by atoms with Crippen molar-refractivity contribution in [3.63, 3.8) is 0 Å².